The second kappa shape index (κ2) is 8.60. The quantitative estimate of drug-likeness (QED) is 0.762. The zero-order chi connectivity index (χ0) is 21.0. The first-order valence-electron chi connectivity index (χ1n) is 9.20. The van der Waals surface area contributed by atoms with Gasteiger partial charge in [-0.15, -0.1) is 0 Å². The number of nitrogens with one attached hydrogen (secondary N) is 2. The van der Waals surface area contributed by atoms with Gasteiger partial charge in [0, 0.05) is 17.5 Å². The zero-order valence-corrected chi connectivity index (χ0v) is 16.6. The van der Waals surface area contributed by atoms with Gasteiger partial charge < -0.3 is 15.4 Å². The Morgan fingerprint density at radius 2 is 1.86 bits per heavy atom. The van der Waals surface area contributed by atoms with Crippen LogP contribution in [0.15, 0.2) is 54.2 Å². The Morgan fingerprint density at radius 1 is 1.10 bits per heavy atom. The minimum Gasteiger partial charge on any atom is -0.469 e. The molecule has 0 unspecified atom stereocenters. The van der Waals surface area contributed by atoms with Crippen LogP contribution in [0.5, 0.6) is 0 Å². The van der Waals surface area contributed by atoms with Crippen LogP contribution in [0.25, 0.3) is 0 Å². The number of para-hydroxylation sites is 2. The number of amides is 2. The van der Waals surface area contributed by atoms with Gasteiger partial charge in [-0.2, -0.15) is 0 Å². The Bertz CT molecular complexity index is 997. The molecule has 1 aliphatic heterocycles. The van der Waals surface area contributed by atoms with E-state index >= 15 is 0 Å². The van der Waals surface area contributed by atoms with Crippen molar-refractivity contribution in [3.8, 4) is 0 Å². The maximum absolute atomic E-state index is 12.8. The fourth-order valence-electron chi connectivity index (χ4n) is 3.08. The molecule has 150 valence electrons. The van der Waals surface area contributed by atoms with Crippen LogP contribution < -0.4 is 15.5 Å². The Hall–Kier alpha value is -3.61. The Morgan fingerprint density at radius 3 is 2.62 bits per heavy atom. The van der Waals surface area contributed by atoms with Crippen molar-refractivity contribution in [3.63, 3.8) is 0 Å². The molecule has 0 atom stereocenters. The lowest BCUT2D eigenvalue weighted by Crippen LogP contribution is -2.37. The molecule has 0 spiro atoms. The Labute approximate surface area is 169 Å². The second-order valence-electron chi connectivity index (χ2n) is 6.78. The highest BCUT2D eigenvalue weighted by molar-refractivity contribution is 6.10. The summed E-state index contributed by atoms with van der Waals surface area (Å²) in [7, 11) is 1.29. The Balaban J connectivity index is 1.85. The van der Waals surface area contributed by atoms with E-state index in [1.165, 1.54) is 18.1 Å². The molecule has 2 amide bonds. The van der Waals surface area contributed by atoms with Crippen molar-refractivity contribution in [3.05, 3.63) is 65.4 Å². The third-order valence-electron chi connectivity index (χ3n) is 4.80. The lowest BCUT2D eigenvalue weighted by Gasteiger charge is -2.22. The van der Waals surface area contributed by atoms with E-state index in [1.807, 2.05) is 38.1 Å². The normalized spacial score (nSPS) is 13.0. The summed E-state index contributed by atoms with van der Waals surface area (Å²) in [6.45, 7) is 3.74. The van der Waals surface area contributed by atoms with E-state index in [2.05, 4.69) is 15.4 Å². The average Bonchev–Trinajstić information content (AvgIpc) is 2.82. The van der Waals surface area contributed by atoms with Crippen molar-refractivity contribution < 1.29 is 19.1 Å². The third-order valence-corrected chi connectivity index (χ3v) is 4.80. The predicted molar refractivity (Wildman–Crippen MR) is 112 cm³/mol. The molecule has 0 aromatic heterocycles. The van der Waals surface area contributed by atoms with E-state index in [0.717, 1.165) is 11.1 Å². The fourth-order valence-corrected chi connectivity index (χ4v) is 3.08. The highest BCUT2D eigenvalue weighted by Crippen LogP contribution is 2.30. The van der Waals surface area contributed by atoms with Crippen molar-refractivity contribution in [2.45, 2.75) is 20.3 Å². The van der Waals surface area contributed by atoms with Gasteiger partial charge in [0.25, 0.3) is 5.91 Å². The number of esters is 1. The number of ether oxygens (including phenoxy) is 1. The molecule has 1 heterocycles. The summed E-state index contributed by atoms with van der Waals surface area (Å²) in [5.74, 6) is -1.17. The maximum Gasteiger partial charge on any atom is 0.311 e. The number of anilines is 3. The van der Waals surface area contributed by atoms with Gasteiger partial charge in [-0.25, -0.2) is 0 Å². The summed E-state index contributed by atoms with van der Waals surface area (Å²) in [5, 5.41) is 5.97. The summed E-state index contributed by atoms with van der Waals surface area (Å²) in [6, 6.07) is 12.8. The molecular weight excluding hydrogens is 370 g/mol. The first-order chi connectivity index (χ1) is 13.9. The molecule has 0 saturated heterocycles. The Kier molecular flexibility index (Phi) is 5.97. The van der Waals surface area contributed by atoms with Crippen LogP contribution in [0.4, 0.5) is 17.1 Å². The number of carbonyl (C=O) groups is 3. The van der Waals surface area contributed by atoms with Gasteiger partial charge >= 0.3 is 5.97 Å². The standard InChI is InChI=1S/C22H23N3O4/c1-14-7-6-9-17(15(14)2)24-20(26)13-25-19-10-5-4-8-18(19)23-16(11-21(25)27)12-22(28)29-3/h4-11,23H,12-13H2,1-3H3,(H,24,26). The molecular formula is C22H23N3O4. The average molecular weight is 393 g/mol. The number of hydrogen-bond donors (Lipinski definition) is 2. The van der Waals surface area contributed by atoms with Crippen LogP contribution in [-0.4, -0.2) is 31.4 Å². The summed E-state index contributed by atoms with van der Waals surface area (Å²) in [4.78, 5) is 38.6. The molecule has 7 heteroatoms. The fraction of sp³-hybridized carbons (Fsp3) is 0.227. The van der Waals surface area contributed by atoms with Crippen molar-refractivity contribution in [2.75, 3.05) is 29.2 Å². The van der Waals surface area contributed by atoms with E-state index in [-0.39, 0.29) is 18.9 Å². The molecule has 2 aromatic carbocycles. The molecule has 29 heavy (non-hydrogen) atoms. The lowest BCUT2D eigenvalue weighted by atomic mass is 10.1. The topological polar surface area (TPSA) is 87.7 Å². The number of aryl methyl sites for hydroxylation is 1. The van der Waals surface area contributed by atoms with E-state index in [9.17, 15) is 14.4 Å². The molecule has 2 N–H and O–H groups in total. The van der Waals surface area contributed by atoms with Crippen molar-refractivity contribution in [1.29, 1.82) is 0 Å². The summed E-state index contributed by atoms with van der Waals surface area (Å²) in [5.41, 5.74) is 4.36. The molecule has 0 saturated carbocycles. The van der Waals surface area contributed by atoms with Crippen LogP contribution >= 0.6 is 0 Å². The van der Waals surface area contributed by atoms with E-state index < -0.39 is 11.9 Å². The number of carbonyl (C=O) groups excluding carboxylic acids is 3. The summed E-state index contributed by atoms with van der Waals surface area (Å²) >= 11 is 0. The number of rotatable bonds is 5. The van der Waals surface area contributed by atoms with Crippen LogP contribution in [-0.2, 0) is 19.1 Å². The minimum atomic E-state index is -0.463. The third kappa shape index (κ3) is 4.63. The molecule has 2 aromatic rings. The highest BCUT2D eigenvalue weighted by atomic mass is 16.5. The SMILES string of the molecule is COC(=O)CC1=CC(=O)N(CC(=O)Nc2cccc(C)c2C)c2ccccc2N1. The van der Waals surface area contributed by atoms with Crippen LogP contribution in [0.2, 0.25) is 0 Å². The molecule has 7 nitrogen and oxygen atoms in total. The highest BCUT2D eigenvalue weighted by Gasteiger charge is 2.25. The molecule has 1 aliphatic rings. The second-order valence-corrected chi connectivity index (χ2v) is 6.78. The van der Waals surface area contributed by atoms with Gasteiger partial charge in [-0.05, 0) is 43.2 Å². The minimum absolute atomic E-state index is 0.0703. The van der Waals surface area contributed by atoms with Crippen LogP contribution in [0.3, 0.4) is 0 Å². The predicted octanol–water partition coefficient (Wildman–Crippen LogP) is 3.15. The van der Waals surface area contributed by atoms with Gasteiger partial charge in [0.15, 0.2) is 0 Å². The summed E-state index contributed by atoms with van der Waals surface area (Å²) in [6.07, 6.45) is 1.25. The largest absolute Gasteiger partial charge is 0.469 e. The lowest BCUT2D eigenvalue weighted by molar-refractivity contribution is -0.139. The molecule has 0 radical (unpaired) electrons. The number of nitrogens with zero attached hydrogens (tertiary/aromatic N) is 1. The first kappa shape index (κ1) is 20.1. The van der Waals surface area contributed by atoms with Crippen LogP contribution in [0, 0.1) is 13.8 Å². The number of fused-ring (bicyclic) bond motifs is 1. The monoisotopic (exact) mass is 393 g/mol. The number of benzene rings is 2. The molecule has 0 bridgehead atoms. The molecule has 0 aliphatic carbocycles. The van der Waals surface area contributed by atoms with E-state index in [4.69, 9.17) is 0 Å². The first-order valence-corrected chi connectivity index (χ1v) is 9.20. The molecule has 0 fully saturated rings. The van der Waals surface area contributed by atoms with Crippen molar-refractivity contribution in [1.82, 2.24) is 0 Å². The van der Waals surface area contributed by atoms with Crippen molar-refractivity contribution >= 4 is 34.8 Å². The van der Waals surface area contributed by atoms with Gasteiger partial charge in [-0.1, -0.05) is 24.3 Å². The van der Waals surface area contributed by atoms with Gasteiger partial charge in [0.2, 0.25) is 5.91 Å². The number of methoxy groups -OCH3 is 1. The zero-order valence-electron chi connectivity index (χ0n) is 16.6. The van der Waals surface area contributed by atoms with Gasteiger partial charge in [0.05, 0.1) is 24.9 Å². The van der Waals surface area contributed by atoms with Gasteiger partial charge in [-0.3, -0.25) is 19.3 Å². The maximum atomic E-state index is 12.8. The van der Waals surface area contributed by atoms with E-state index in [0.29, 0.717) is 22.8 Å². The molecule has 3 rings (SSSR count). The van der Waals surface area contributed by atoms with Crippen LogP contribution in [0.1, 0.15) is 17.5 Å². The van der Waals surface area contributed by atoms with Crippen molar-refractivity contribution in [2.24, 2.45) is 0 Å². The smallest absolute Gasteiger partial charge is 0.311 e. The van der Waals surface area contributed by atoms with Gasteiger partial charge in [0.1, 0.15) is 6.54 Å². The van der Waals surface area contributed by atoms with E-state index in [1.54, 1.807) is 18.2 Å². The summed E-state index contributed by atoms with van der Waals surface area (Å²) < 4.78 is 4.69. The number of hydrogen-bond acceptors (Lipinski definition) is 5.